The van der Waals surface area contributed by atoms with Crippen LogP contribution in [0.25, 0.3) is 0 Å². The summed E-state index contributed by atoms with van der Waals surface area (Å²) in [5, 5.41) is 17.7. The summed E-state index contributed by atoms with van der Waals surface area (Å²) in [5.74, 6) is -1.13. The molecule has 0 aliphatic heterocycles. The molecule has 4 nitrogen and oxygen atoms in total. The van der Waals surface area contributed by atoms with E-state index in [-0.39, 0.29) is 17.0 Å². The molecule has 0 aliphatic rings. The molecular formula is C8H9NO3. The van der Waals surface area contributed by atoms with Crippen LogP contribution in [0.5, 0.6) is 5.75 Å². The number of carbonyl (C=O) groups is 1. The molecule has 0 aromatic heterocycles. The zero-order valence-electron chi connectivity index (χ0n) is 6.53. The number of aromatic hydroxyl groups is 1. The van der Waals surface area contributed by atoms with Crippen LogP contribution >= 0.6 is 0 Å². The number of hydrogen-bond acceptors (Lipinski definition) is 3. The van der Waals surface area contributed by atoms with Crippen molar-refractivity contribution in [3.8, 4) is 5.75 Å². The third-order valence-corrected chi connectivity index (χ3v) is 1.72. The van der Waals surface area contributed by atoms with Crippen LogP contribution in [-0.2, 0) is 0 Å². The summed E-state index contributed by atoms with van der Waals surface area (Å²) in [5.41, 5.74) is 6.03. The highest BCUT2D eigenvalue weighted by Crippen LogP contribution is 2.25. The van der Waals surface area contributed by atoms with E-state index in [1.807, 2.05) is 0 Å². The number of hydrogen-bond donors (Lipinski definition) is 3. The molecule has 12 heavy (non-hydrogen) atoms. The van der Waals surface area contributed by atoms with Gasteiger partial charge in [0, 0.05) is 0 Å². The van der Waals surface area contributed by atoms with Crippen LogP contribution in [0.1, 0.15) is 15.9 Å². The molecule has 0 unspecified atom stereocenters. The van der Waals surface area contributed by atoms with Gasteiger partial charge in [-0.05, 0) is 24.6 Å². The number of carboxylic acids is 1. The van der Waals surface area contributed by atoms with Gasteiger partial charge >= 0.3 is 5.97 Å². The molecule has 0 bridgehead atoms. The number of phenols is 1. The standard InChI is InChI=1S/C8H9NO3/c1-4-5(8(11)12)2-3-6(10)7(4)9/h2-3,10H,9H2,1H3,(H,11,12). The number of rotatable bonds is 1. The van der Waals surface area contributed by atoms with Crippen molar-refractivity contribution in [2.45, 2.75) is 6.92 Å². The third kappa shape index (κ3) is 1.18. The quantitative estimate of drug-likeness (QED) is 0.430. The lowest BCUT2D eigenvalue weighted by molar-refractivity contribution is 0.0696. The Labute approximate surface area is 69.3 Å². The second kappa shape index (κ2) is 2.73. The molecule has 0 saturated heterocycles. The minimum atomic E-state index is -1.04. The molecule has 4 N–H and O–H groups in total. The van der Waals surface area contributed by atoms with Gasteiger partial charge in [-0.15, -0.1) is 0 Å². The molecule has 0 fully saturated rings. The molecule has 0 amide bonds. The smallest absolute Gasteiger partial charge is 0.336 e. The average Bonchev–Trinajstić information content (AvgIpc) is 2.00. The lowest BCUT2D eigenvalue weighted by Crippen LogP contribution is -2.02. The van der Waals surface area contributed by atoms with Crippen LogP contribution in [0.4, 0.5) is 5.69 Å². The lowest BCUT2D eigenvalue weighted by atomic mass is 10.1. The summed E-state index contributed by atoms with van der Waals surface area (Å²) in [6, 6.07) is 2.59. The SMILES string of the molecule is Cc1c(C(=O)O)ccc(O)c1N. The summed E-state index contributed by atoms with van der Waals surface area (Å²) >= 11 is 0. The van der Waals surface area contributed by atoms with E-state index < -0.39 is 5.97 Å². The van der Waals surface area contributed by atoms with Gasteiger partial charge in [-0.1, -0.05) is 0 Å². The first-order valence-corrected chi connectivity index (χ1v) is 3.35. The molecule has 1 aromatic rings. The average molecular weight is 167 g/mol. The minimum Gasteiger partial charge on any atom is -0.506 e. The molecule has 1 aromatic carbocycles. The van der Waals surface area contributed by atoms with E-state index in [9.17, 15) is 4.79 Å². The fourth-order valence-electron chi connectivity index (χ4n) is 0.946. The van der Waals surface area contributed by atoms with Crippen molar-refractivity contribution < 1.29 is 15.0 Å². The minimum absolute atomic E-state index is 0.0856. The molecule has 4 heteroatoms. The van der Waals surface area contributed by atoms with Gasteiger partial charge < -0.3 is 15.9 Å². The number of nitrogen functional groups attached to an aromatic ring is 1. The molecule has 64 valence electrons. The highest BCUT2D eigenvalue weighted by molar-refractivity contribution is 5.91. The first kappa shape index (κ1) is 8.39. The second-order valence-corrected chi connectivity index (χ2v) is 2.48. The van der Waals surface area contributed by atoms with Crippen molar-refractivity contribution >= 4 is 11.7 Å². The zero-order valence-corrected chi connectivity index (χ0v) is 6.53. The third-order valence-electron chi connectivity index (χ3n) is 1.72. The van der Waals surface area contributed by atoms with Crippen LogP contribution in [-0.4, -0.2) is 16.2 Å². The summed E-state index contributed by atoms with van der Waals surface area (Å²) < 4.78 is 0. The molecule has 1 rings (SSSR count). The monoisotopic (exact) mass is 167 g/mol. The first-order chi connectivity index (χ1) is 5.54. The van der Waals surface area contributed by atoms with Crippen molar-refractivity contribution in [2.75, 3.05) is 5.73 Å². The van der Waals surface area contributed by atoms with E-state index in [2.05, 4.69) is 0 Å². The second-order valence-electron chi connectivity index (χ2n) is 2.48. The van der Waals surface area contributed by atoms with E-state index in [0.29, 0.717) is 5.56 Å². The van der Waals surface area contributed by atoms with Gasteiger partial charge in [-0.2, -0.15) is 0 Å². The van der Waals surface area contributed by atoms with Gasteiger partial charge in [-0.3, -0.25) is 0 Å². The molecule has 0 spiro atoms. The Morgan fingerprint density at radius 3 is 2.58 bits per heavy atom. The van der Waals surface area contributed by atoms with Gasteiger partial charge in [0.1, 0.15) is 5.75 Å². The summed E-state index contributed by atoms with van der Waals surface area (Å²) in [6.45, 7) is 1.55. The Balaban J connectivity index is 3.36. The fourth-order valence-corrected chi connectivity index (χ4v) is 0.946. The number of anilines is 1. The van der Waals surface area contributed by atoms with Crippen LogP contribution in [0.3, 0.4) is 0 Å². The van der Waals surface area contributed by atoms with Crippen molar-refractivity contribution in [1.29, 1.82) is 0 Å². The number of phenolic OH excluding ortho intramolecular Hbond substituents is 1. The molecule has 0 aliphatic carbocycles. The highest BCUT2D eigenvalue weighted by Gasteiger charge is 2.10. The highest BCUT2D eigenvalue weighted by atomic mass is 16.4. The Bertz CT molecular complexity index is 333. The van der Waals surface area contributed by atoms with Gasteiger partial charge in [0.05, 0.1) is 11.3 Å². The molecule has 0 radical (unpaired) electrons. The van der Waals surface area contributed by atoms with Gasteiger partial charge in [0.25, 0.3) is 0 Å². The summed E-state index contributed by atoms with van der Waals surface area (Å²) in [7, 11) is 0. The number of carboxylic acid groups (broad SMARTS) is 1. The molecule has 0 heterocycles. The van der Waals surface area contributed by atoms with E-state index in [4.69, 9.17) is 15.9 Å². The molecule has 0 atom stereocenters. The molecular weight excluding hydrogens is 158 g/mol. The maximum atomic E-state index is 10.5. The maximum absolute atomic E-state index is 10.5. The van der Waals surface area contributed by atoms with Gasteiger partial charge in [-0.25, -0.2) is 4.79 Å². The number of nitrogens with two attached hydrogens (primary N) is 1. The van der Waals surface area contributed by atoms with E-state index in [1.54, 1.807) is 6.92 Å². The topological polar surface area (TPSA) is 83.5 Å². The Morgan fingerprint density at radius 1 is 1.50 bits per heavy atom. The van der Waals surface area contributed by atoms with Crippen LogP contribution < -0.4 is 5.73 Å². The number of benzene rings is 1. The predicted molar refractivity (Wildman–Crippen MR) is 44.2 cm³/mol. The zero-order chi connectivity index (χ0) is 9.30. The van der Waals surface area contributed by atoms with Crippen molar-refractivity contribution in [3.05, 3.63) is 23.3 Å². The Hall–Kier alpha value is -1.71. The molecule has 0 saturated carbocycles. The largest absolute Gasteiger partial charge is 0.506 e. The van der Waals surface area contributed by atoms with E-state index >= 15 is 0 Å². The van der Waals surface area contributed by atoms with Crippen molar-refractivity contribution in [3.63, 3.8) is 0 Å². The number of aromatic carboxylic acids is 1. The fraction of sp³-hybridized carbons (Fsp3) is 0.125. The first-order valence-electron chi connectivity index (χ1n) is 3.35. The summed E-state index contributed by atoms with van der Waals surface area (Å²) in [6.07, 6.45) is 0. The van der Waals surface area contributed by atoms with Gasteiger partial charge in [0.15, 0.2) is 0 Å². The van der Waals surface area contributed by atoms with E-state index in [1.165, 1.54) is 12.1 Å². The summed E-state index contributed by atoms with van der Waals surface area (Å²) in [4.78, 5) is 10.5. The Morgan fingerprint density at radius 2 is 2.08 bits per heavy atom. The predicted octanol–water partition coefficient (Wildman–Crippen LogP) is 0.981. The normalized spacial score (nSPS) is 9.75. The lowest BCUT2D eigenvalue weighted by Gasteiger charge is -2.05. The van der Waals surface area contributed by atoms with Crippen LogP contribution in [0.2, 0.25) is 0 Å². The van der Waals surface area contributed by atoms with Crippen molar-refractivity contribution in [1.82, 2.24) is 0 Å². The Kier molecular flexibility index (Phi) is 1.91. The maximum Gasteiger partial charge on any atom is 0.336 e. The van der Waals surface area contributed by atoms with Gasteiger partial charge in [0.2, 0.25) is 0 Å². The van der Waals surface area contributed by atoms with Crippen molar-refractivity contribution in [2.24, 2.45) is 0 Å². The van der Waals surface area contributed by atoms with Crippen LogP contribution in [0, 0.1) is 6.92 Å². The van der Waals surface area contributed by atoms with E-state index in [0.717, 1.165) is 0 Å². The van der Waals surface area contributed by atoms with Crippen LogP contribution in [0.15, 0.2) is 12.1 Å².